The van der Waals surface area contributed by atoms with Gasteiger partial charge >= 0.3 is 27.7 Å². The summed E-state index contributed by atoms with van der Waals surface area (Å²) >= 11 is 0. The van der Waals surface area contributed by atoms with E-state index in [0.717, 1.165) is 18.9 Å². The number of ether oxygens (including phenoxy) is 2. The molecule has 1 saturated heterocycles. The zero-order valence-electron chi connectivity index (χ0n) is 17.9. The van der Waals surface area contributed by atoms with Crippen LogP contribution < -0.4 is 4.31 Å². The van der Waals surface area contributed by atoms with Crippen molar-refractivity contribution in [2.75, 3.05) is 17.5 Å². The van der Waals surface area contributed by atoms with Gasteiger partial charge in [0.05, 0.1) is 25.4 Å². The van der Waals surface area contributed by atoms with Crippen molar-refractivity contribution < 1.29 is 40.7 Å². The summed E-state index contributed by atoms with van der Waals surface area (Å²) < 4.78 is 74.7. The van der Waals surface area contributed by atoms with Gasteiger partial charge in [0.1, 0.15) is 5.60 Å². The molecule has 0 spiro atoms. The number of nitrogens with zero attached hydrogens (tertiary/aromatic N) is 2. The second kappa shape index (κ2) is 8.45. The molecular weight excluding hydrogens is 453 g/mol. The molecule has 1 atom stereocenters. The highest BCUT2D eigenvalue weighted by Crippen LogP contribution is 2.45. The van der Waals surface area contributed by atoms with Crippen LogP contribution in [0.5, 0.6) is 0 Å². The number of halogens is 3. The maximum absolute atomic E-state index is 13.4. The minimum Gasteiger partial charge on any atom is -0.448 e. The summed E-state index contributed by atoms with van der Waals surface area (Å²) in [4.78, 5) is 26.2. The Morgan fingerprint density at radius 2 is 1.94 bits per heavy atom. The minimum absolute atomic E-state index is 0.0267. The summed E-state index contributed by atoms with van der Waals surface area (Å²) in [6.45, 7) is 4.79. The first-order valence-electron chi connectivity index (χ1n) is 10.1. The lowest BCUT2D eigenvalue weighted by Gasteiger charge is -2.26. The predicted molar refractivity (Wildman–Crippen MR) is 108 cm³/mol. The number of carbonyl (C=O) groups is 2. The Balaban J connectivity index is 1.96. The van der Waals surface area contributed by atoms with Gasteiger partial charge in [-0.05, 0) is 37.3 Å². The van der Waals surface area contributed by atoms with Gasteiger partial charge in [-0.15, -0.1) is 0 Å². The van der Waals surface area contributed by atoms with Gasteiger partial charge in [-0.25, -0.2) is 9.59 Å². The molecule has 1 aliphatic carbocycles. The first-order chi connectivity index (χ1) is 14.8. The monoisotopic (exact) mass is 478 g/mol. The number of para-hydroxylation sites is 1. The van der Waals surface area contributed by atoms with Crippen LogP contribution in [0.1, 0.15) is 39.2 Å². The Morgan fingerprint density at radius 3 is 2.50 bits per heavy atom. The quantitative estimate of drug-likeness (QED) is 0.582. The molecule has 8 nitrogen and oxygen atoms in total. The van der Waals surface area contributed by atoms with Gasteiger partial charge < -0.3 is 9.47 Å². The van der Waals surface area contributed by atoms with Crippen molar-refractivity contribution >= 4 is 27.9 Å². The third-order valence-electron chi connectivity index (χ3n) is 5.33. The number of hydrogen-bond acceptors (Lipinski definition) is 6. The maximum Gasteiger partial charge on any atom is 0.517 e. The molecule has 3 rings (SSSR count). The molecule has 0 aromatic heterocycles. The van der Waals surface area contributed by atoms with Crippen molar-refractivity contribution in [1.29, 1.82) is 0 Å². The second-order valence-electron chi connectivity index (χ2n) is 8.63. The summed E-state index contributed by atoms with van der Waals surface area (Å²) in [5.41, 5.74) is -6.96. The molecule has 178 valence electrons. The Kier molecular flexibility index (Phi) is 6.38. The van der Waals surface area contributed by atoms with Crippen molar-refractivity contribution in [3.63, 3.8) is 0 Å². The highest BCUT2D eigenvalue weighted by atomic mass is 32.2. The van der Waals surface area contributed by atoms with Crippen molar-refractivity contribution in [3.8, 4) is 0 Å². The topological polar surface area (TPSA) is 93.2 Å². The lowest BCUT2D eigenvalue weighted by Crippen LogP contribution is -2.46. The first-order valence-corrected chi connectivity index (χ1v) is 11.5. The van der Waals surface area contributed by atoms with Gasteiger partial charge in [0.2, 0.25) is 0 Å². The molecule has 1 aromatic rings. The van der Waals surface area contributed by atoms with E-state index < -0.39 is 39.0 Å². The number of carbonyl (C=O) groups excluding carboxylic acids is 2. The fourth-order valence-electron chi connectivity index (χ4n) is 3.54. The molecule has 2 amide bonds. The third-order valence-corrected chi connectivity index (χ3v) is 6.75. The smallest absolute Gasteiger partial charge is 0.448 e. The highest BCUT2D eigenvalue weighted by molar-refractivity contribution is 7.94. The molecule has 2 fully saturated rings. The Hall–Kier alpha value is -2.50. The number of anilines is 1. The van der Waals surface area contributed by atoms with E-state index in [9.17, 15) is 31.2 Å². The Morgan fingerprint density at radius 1 is 1.31 bits per heavy atom. The molecule has 2 aliphatic rings. The van der Waals surface area contributed by atoms with E-state index in [1.807, 2.05) is 0 Å². The van der Waals surface area contributed by atoms with Crippen LogP contribution in [-0.4, -0.2) is 49.8 Å². The number of rotatable bonds is 7. The molecule has 0 radical (unpaired) electrons. The molecular formula is C20H25F3N2O6S. The molecule has 32 heavy (non-hydrogen) atoms. The maximum atomic E-state index is 13.4. The van der Waals surface area contributed by atoms with Crippen LogP contribution in [0, 0.1) is 11.8 Å². The summed E-state index contributed by atoms with van der Waals surface area (Å²) in [6, 6.07) is 5.18. The van der Waals surface area contributed by atoms with Crippen LogP contribution in [-0.2, 0) is 26.0 Å². The minimum atomic E-state index is -6.11. The van der Waals surface area contributed by atoms with E-state index in [4.69, 9.17) is 9.47 Å². The second-order valence-corrected chi connectivity index (χ2v) is 10.4. The Bertz CT molecular complexity index is 993. The van der Waals surface area contributed by atoms with Crippen LogP contribution in [0.4, 0.5) is 28.4 Å². The molecule has 1 unspecified atom stereocenters. The highest BCUT2D eigenvalue weighted by Gasteiger charge is 2.54. The van der Waals surface area contributed by atoms with Gasteiger partial charge in [-0.2, -0.15) is 25.9 Å². The van der Waals surface area contributed by atoms with Crippen LogP contribution in [0.15, 0.2) is 24.3 Å². The molecule has 1 aliphatic heterocycles. The van der Waals surface area contributed by atoms with Crippen LogP contribution in [0.3, 0.4) is 0 Å². The molecule has 0 N–H and O–H groups in total. The summed E-state index contributed by atoms with van der Waals surface area (Å²) in [7, 11) is -6.11. The van der Waals surface area contributed by atoms with Gasteiger partial charge in [-0.1, -0.05) is 32.0 Å². The SMILES string of the molecule is CC(C)COC(=O)N(c1ccccc1CN1CC(C)(C2CC2)OC1=O)S(=O)(=O)C(F)(F)F. The molecule has 1 heterocycles. The number of hydrogen-bond donors (Lipinski definition) is 0. The van der Waals surface area contributed by atoms with Gasteiger partial charge in [0.15, 0.2) is 0 Å². The van der Waals surface area contributed by atoms with E-state index in [-0.39, 0.29) is 41.4 Å². The number of cyclic esters (lactones) is 1. The standard InChI is InChI=1S/C20H25F3N2O6S/c1-13(2)11-30-18(27)25(32(28,29)20(21,22)23)16-7-5-4-6-14(16)10-24-12-19(3,15-8-9-15)31-17(24)26/h4-7,13,15H,8-12H2,1-3H3. The number of sulfonamides is 1. The summed E-state index contributed by atoms with van der Waals surface area (Å²) in [6.07, 6.45) is -0.502. The van der Waals surface area contributed by atoms with Crippen LogP contribution in [0.2, 0.25) is 0 Å². The fourth-order valence-corrected chi connectivity index (χ4v) is 4.43. The normalized spacial score (nSPS) is 21.6. The van der Waals surface area contributed by atoms with E-state index >= 15 is 0 Å². The zero-order chi connectivity index (χ0) is 23.9. The predicted octanol–water partition coefficient (Wildman–Crippen LogP) is 4.26. The van der Waals surface area contributed by atoms with E-state index in [2.05, 4.69) is 0 Å². The largest absolute Gasteiger partial charge is 0.517 e. The van der Waals surface area contributed by atoms with E-state index in [1.165, 1.54) is 23.1 Å². The average Bonchev–Trinajstić information content (AvgIpc) is 3.48. The number of benzene rings is 1. The molecule has 0 bridgehead atoms. The third kappa shape index (κ3) is 4.79. The summed E-state index contributed by atoms with van der Waals surface area (Å²) in [5, 5.41) is 0. The van der Waals surface area contributed by atoms with Crippen LogP contribution >= 0.6 is 0 Å². The van der Waals surface area contributed by atoms with Gasteiger partial charge in [-0.3, -0.25) is 4.90 Å². The van der Waals surface area contributed by atoms with Gasteiger partial charge in [0, 0.05) is 5.92 Å². The number of amides is 2. The van der Waals surface area contributed by atoms with Crippen LogP contribution in [0.25, 0.3) is 0 Å². The van der Waals surface area contributed by atoms with Crippen molar-refractivity contribution in [3.05, 3.63) is 29.8 Å². The molecule has 1 saturated carbocycles. The number of alkyl halides is 3. The van der Waals surface area contributed by atoms with Crippen molar-refractivity contribution in [1.82, 2.24) is 4.90 Å². The summed E-state index contributed by atoms with van der Waals surface area (Å²) in [5.74, 6) is -0.0242. The first kappa shape index (κ1) is 24.1. The van der Waals surface area contributed by atoms with Crippen molar-refractivity contribution in [2.24, 2.45) is 11.8 Å². The fraction of sp³-hybridized carbons (Fsp3) is 0.600. The zero-order valence-corrected chi connectivity index (χ0v) is 18.7. The Labute approximate surface area is 184 Å². The van der Waals surface area contributed by atoms with E-state index in [0.29, 0.717) is 0 Å². The van der Waals surface area contributed by atoms with Gasteiger partial charge in [0.25, 0.3) is 0 Å². The lowest BCUT2D eigenvalue weighted by molar-refractivity contribution is -0.0438. The lowest BCUT2D eigenvalue weighted by atomic mass is 10.0. The van der Waals surface area contributed by atoms with E-state index in [1.54, 1.807) is 20.8 Å². The molecule has 1 aromatic carbocycles. The van der Waals surface area contributed by atoms with Crippen molar-refractivity contribution in [2.45, 2.75) is 51.3 Å². The average molecular weight is 478 g/mol. The molecule has 12 heteroatoms.